The predicted molar refractivity (Wildman–Crippen MR) is 105 cm³/mol. The van der Waals surface area contributed by atoms with Gasteiger partial charge in [0, 0.05) is 5.56 Å². The average molecular weight is 375 g/mol. The molecule has 2 aromatic rings. The number of benzene rings is 1. The van der Waals surface area contributed by atoms with Crippen LogP contribution in [0.3, 0.4) is 0 Å². The standard InChI is InChI=1S/C20H26N2O3S/c1-5-25-19(23)14-18(22-26(24)20(2,3)4)17-13-9-12-16(21-17)15-10-7-6-8-11-15/h6-13,18,22H,5,14H2,1-4H3/t18-,26+/m0/s1. The second kappa shape index (κ2) is 9.05. The molecule has 0 aliphatic rings. The highest BCUT2D eigenvalue weighted by Crippen LogP contribution is 2.23. The van der Waals surface area contributed by atoms with Crippen molar-refractivity contribution in [2.45, 2.75) is 44.9 Å². The third-order valence-corrected chi connectivity index (χ3v) is 5.29. The molecule has 0 saturated heterocycles. The number of hydrogen-bond donors (Lipinski definition) is 1. The molecule has 0 aliphatic carbocycles. The fourth-order valence-electron chi connectivity index (χ4n) is 2.31. The molecule has 140 valence electrons. The molecule has 0 unspecified atom stereocenters. The highest BCUT2D eigenvalue weighted by atomic mass is 32.2. The van der Waals surface area contributed by atoms with E-state index >= 15 is 0 Å². The number of hydrogen-bond acceptors (Lipinski definition) is 4. The van der Waals surface area contributed by atoms with Crippen molar-refractivity contribution in [1.82, 2.24) is 9.71 Å². The van der Waals surface area contributed by atoms with Crippen LogP contribution in [0, 0.1) is 0 Å². The third-order valence-electron chi connectivity index (χ3n) is 3.68. The zero-order valence-corrected chi connectivity index (χ0v) is 16.5. The zero-order valence-electron chi connectivity index (χ0n) is 15.7. The van der Waals surface area contributed by atoms with Crippen molar-refractivity contribution in [3.8, 4) is 11.3 Å². The van der Waals surface area contributed by atoms with Gasteiger partial charge in [-0.1, -0.05) is 36.4 Å². The van der Waals surface area contributed by atoms with Crippen LogP contribution >= 0.6 is 0 Å². The van der Waals surface area contributed by atoms with Crippen LogP contribution in [-0.4, -0.2) is 26.5 Å². The second-order valence-corrected chi connectivity index (χ2v) is 8.87. The van der Waals surface area contributed by atoms with Crippen LogP contribution in [0.5, 0.6) is 0 Å². The van der Waals surface area contributed by atoms with E-state index in [-0.39, 0.29) is 12.4 Å². The summed E-state index contributed by atoms with van der Waals surface area (Å²) in [6.45, 7) is 7.72. The first-order valence-electron chi connectivity index (χ1n) is 8.67. The molecular weight excluding hydrogens is 348 g/mol. The molecule has 26 heavy (non-hydrogen) atoms. The number of carbonyl (C=O) groups is 1. The zero-order chi connectivity index (χ0) is 19.2. The van der Waals surface area contributed by atoms with Gasteiger partial charge in [0.15, 0.2) is 0 Å². The minimum atomic E-state index is -1.34. The van der Waals surface area contributed by atoms with Gasteiger partial charge in [0.05, 0.1) is 46.2 Å². The van der Waals surface area contributed by atoms with Crippen LogP contribution < -0.4 is 4.72 Å². The lowest BCUT2D eigenvalue weighted by atomic mass is 10.1. The first kappa shape index (κ1) is 20.3. The van der Waals surface area contributed by atoms with Gasteiger partial charge in [-0.2, -0.15) is 0 Å². The van der Waals surface area contributed by atoms with Gasteiger partial charge >= 0.3 is 5.97 Å². The van der Waals surface area contributed by atoms with Gasteiger partial charge in [0.2, 0.25) is 0 Å². The number of esters is 1. The molecule has 0 amide bonds. The molecule has 1 aromatic heterocycles. The number of rotatable bonds is 7. The molecule has 5 nitrogen and oxygen atoms in total. The molecule has 2 rings (SSSR count). The maximum absolute atomic E-state index is 12.6. The Balaban J connectivity index is 2.32. The van der Waals surface area contributed by atoms with Crippen LogP contribution in [0.2, 0.25) is 0 Å². The van der Waals surface area contributed by atoms with E-state index in [0.29, 0.717) is 12.3 Å². The predicted octanol–water partition coefficient (Wildman–Crippen LogP) is 3.79. The molecule has 1 heterocycles. The Kier molecular flexibility index (Phi) is 7.06. The fraction of sp³-hybridized carbons (Fsp3) is 0.400. The van der Waals surface area contributed by atoms with Gasteiger partial charge in [0.25, 0.3) is 0 Å². The van der Waals surface area contributed by atoms with Crippen LogP contribution in [0.25, 0.3) is 11.3 Å². The topological polar surface area (TPSA) is 68.3 Å². The Morgan fingerprint density at radius 3 is 2.46 bits per heavy atom. The first-order chi connectivity index (χ1) is 12.3. The summed E-state index contributed by atoms with van der Waals surface area (Å²) in [5.74, 6) is -0.345. The summed E-state index contributed by atoms with van der Waals surface area (Å²) in [7, 11) is -1.34. The number of pyridine rings is 1. The number of ether oxygens (including phenoxy) is 1. The van der Waals surface area contributed by atoms with Gasteiger partial charge in [-0.15, -0.1) is 0 Å². The van der Waals surface area contributed by atoms with Crippen molar-refractivity contribution >= 4 is 17.0 Å². The lowest BCUT2D eigenvalue weighted by Crippen LogP contribution is -2.37. The molecule has 1 aromatic carbocycles. The quantitative estimate of drug-likeness (QED) is 0.749. The third kappa shape index (κ3) is 5.75. The molecule has 0 fully saturated rings. The molecule has 0 saturated carbocycles. The van der Waals surface area contributed by atoms with Crippen molar-refractivity contribution in [3.05, 3.63) is 54.2 Å². The Labute approximate surface area is 157 Å². The second-order valence-electron chi connectivity index (χ2n) is 6.87. The van der Waals surface area contributed by atoms with Crippen molar-refractivity contribution < 1.29 is 13.7 Å². The van der Waals surface area contributed by atoms with Gasteiger partial charge in [-0.25, -0.2) is 8.93 Å². The fourth-order valence-corrected chi connectivity index (χ4v) is 3.13. The van der Waals surface area contributed by atoms with Gasteiger partial charge in [0.1, 0.15) is 0 Å². The number of nitrogens with zero attached hydrogens (tertiary/aromatic N) is 1. The van der Waals surface area contributed by atoms with E-state index in [1.165, 1.54) is 0 Å². The lowest BCUT2D eigenvalue weighted by molar-refractivity contribution is -0.143. The number of aromatic nitrogens is 1. The number of nitrogens with one attached hydrogen (secondary N) is 1. The minimum Gasteiger partial charge on any atom is -0.466 e. The van der Waals surface area contributed by atoms with E-state index in [1.807, 2.05) is 69.3 Å². The Hall–Kier alpha value is -2.05. The van der Waals surface area contributed by atoms with E-state index < -0.39 is 21.8 Å². The normalized spacial score (nSPS) is 13.8. The smallest absolute Gasteiger partial charge is 0.307 e. The van der Waals surface area contributed by atoms with E-state index in [1.54, 1.807) is 6.92 Å². The van der Waals surface area contributed by atoms with E-state index in [0.717, 1.165) is 11.3 Å². The van der Waals surface area contributed by atoms with E-state index in [9.17, 15) is 9.00 Å². The van der Waals surface area contributed by atoms with Gasteiger partial charge < -0.3 is 4.74 Å². The van der Waals surface area contributed by atoms with Crippen molar-refractivity contribution in [2.75, 3.05) is 6.61 Å². The summed E-state index contributed by atoms with van der Waals surface area (Å²) < 4.78 is 20.2. The Morgan fingerprint density at radius 2 is 1.85 bits per heavy atom. The molecule has 1 N–H and O–H groups in total. The molecule has 0 radical (unpaired) electrons. The van der Waals surface area contributed by atoms with Crippen LogP contribution in [0.4, 0.5) is 0 Å². The van der Waals surface area contributed by atoms with Crippen LogP contribution in [0.15, 0.2) is 48.5 Å². The summed E-state index contributed by atoms with van der Waals surface area (Å²) >= 11 is 0. The summed E-state index contributed by atoms with van der Waals surface area (Å²) in [4.78, 5) is 16.7. The van der Waals surface area contributed by atoms with Crippen LogP contribution in [0.1, 0.15) is 45.9 Å². The van der Waals surface area contributed by atoms with Crippen molar-refractivity contribution in [3.63, 3.8) is 0 Å². The Morgan fingerprint density at radius 1 is 1.15 bits per heavy atom. The number of carbonyl (C=O) groups excluding carboxylic acids is 1. The van der Waals surface area contributed by atoms with Gasteiger partial charge in [-0.3, -0.25) is 9.78 Å². The largest absolute Gasteiger partial charge is 0.466 e. The Bertz CT molecular complexity index is 757. The average Bonchev–Trinajstić information content (AvgIpc) is 2.61. The molecule has 0 spiro atoms. The summed E-state index contributed by atoms with van der Waals surface area (Å²) in [5, 5.41) is 0. The summed E-state index contributed by atoms with van der Waals surface area (Å²) in [6.07, 6.45) is 0.0703. The molecule has 6 heteroatoms. The highest BCUT2D eigenvalue weighted by Gasteiger charge is 2.26. The maximum Gasteiger partial charge on any atom is 0.307 e. The van der Waals surface area contributed by atoms with Gasteiger partial charge in [-0.05, 0) is 39.8 Å². The van der Waals surface area contributed by atoms with Crippen molar-refractivity contribution in [1.29, 1.82) is 0 Å². The monoisotopic (exact) mass is 374 g/mol. The molecule has 0 bridgehead atoms. The minimum absolute atomic E-state index is 0.0703. The lowest BCUT2D eigenvalue weighted by Gasteiger charge is -2.24. The van der Waals surface area contributed by atoms with E-state index in [4.69, 9.17) is 4.74 Å². The highest BCUT2D eigenvalue weighted by molar-refractivity contribution is 7.84. The molecule has 2 atom stereocenters. The maximum atomic E-state index is 12.6. The van der Waals surface area contributed by atoms with E-state index in [2.05, 4.69) is 9.71 Å². The first-order valence-corrected chi connectivity index (χ1v) is 9.82. The SMILES string of the molecule is CCOC(=O)C[C@H](N[S@](=O)C(C)(C)C)c1cccc(-c2ccccc2)n1. The summed E-state index contributed by atoms with van der Waals surface area (Å²) in [6, 6.07) is 15.0. The molecular formula is C20H26N2O3S. The summed E-state index contributed by atoms with van der Waals surface area (Å²) in [5.41, 5.74) is 2.46. The molecule has 0 aliphatic heterocycles. The van der Waals surface area contributed by atoms with Crippen molar-refractivity contribution in [2.24, 2.45) is 0 Å². The van der Waals surface area contributed by atoms with Crippen LogP contribution in [-0.2, 0) is 20.5 Å².